The third-order valence-corrected chi connectivity index (χ3v) is 4.10. The minimum absolute atomic E-state index is 0.141. The first kappa shape index (κ1) is 11.8. The Hall–Kier alpha value is -1.30. The van der Waals surface area contributed by atoms with Crippen LogP contribution in [0.5, 0.6) is 11.5 Å². The maximum atomic E-state index is 14.2. The number of ether oxygens (including phenoxy) is 2. The molecule has 1 aromatic rings. The smallest absolute Gasteiger partial charge is 0.314 e. The van der Waals surface area contributed by atoms with Crippen molar-refractivity contribution in [2.75, 3.05) is 13.2 Å². The zero-order valence-electron chi connectivity index (χ0n) is 9.33. The zero-order chi connectivity index (χ0) is 12.9. The van der Waals surface area contributed by atoms with Gasteiger partial charge < -0.3 is 14.6 Å². The summed E-state index contributed by atoms with van der Waals surface area (Å²) in [4.78, 5) is 11.3. The molecule has 2 aliphatic rings. The SMILES string of the molecule is O=C(O)C1(c2cc3c(c(Br)c2F)OCCO3)CC1. The third-order valence-electron chi connectivity index (χ3n) is 3.39. The molecule has 0 amide bonds. The van der Waals surface area contributed by atoms with Crippen LogP contribution >= 0.6 is 15.9 Å². The van der Waals surface area contributed by atoms with Crippen molar-refractivity contribution in [3.63, 3.8) is 0 Å². The van der Waals surface area contributed by atoms with Gasteiger partial charge in [0.1, 0.15) is 19.0 Å². The Morgan fingerprint density at radius 2 is 2.06 bits per heavy atom. The van der Waals surface area contributed by atoms with Crippen molar-refractivity contribution in [3.05, 3.63) is 21.9 Å². The third kappa shape index (κ3) is 1.51. The summed E-state index contributed by atoms with van der Waals surface area (Å²) >= 11 is 3.11. The van der Waals surface area contributed by atoms with Crippen molar-refractivity contribution in [2.45, 2.75) is 18.3 Å². The molecule has 6 heteroatoms. The van der Waals surface area contributed by atoms with Gasteiger partial charge in [-0.2, -0.15) is 0 Å². The molecule has 1 N–H and O–H groups in total. The summed E-state index contributed by atoms with van der Waals surface area (Å²) in [5.74, 6) is -0.857. The molecule has 0 aromatic heterocycles. The van der Waals surface area contributed by atoms with Crippen LogP contribution in [-0.4, -0.2) is 24.3 Å². The second kappa shape index (κ2) is 3.85. The summed E-state index contributed by atoms with van der Waals surface area (Å²) in [6.45, 7) is 0.735. The molecule has 18 heavy (non-hydrogen) atoms. The molecular formula is C12H10BrFO4. The summed E-state index contributed by atoms with van der Waals surface area (Å²) in [5, 5.41) is 9.22. The lowest BCUT2D eigenvalue weighted by atomic mass is 9.95. The Labute approximate surface area is 111 Å². The van der Waals surface area contributed by atoms with Gasteiger partial charge in [-0.15, -0.1) is 0 Å². The Bertz CT molecular complexity index is 539. The van der Waals surface area contributed by atoms with Gasteiger partial charge in [0.25, 0.3) is 0 Å². The molecule has 0 saturated heterocycles. The molecule has 1 heterocycles. The molecule has 96 valence electrons. The van der Waals surface area contributed by atoms with E-state index in [-0.39, 0.29) is 10.0 Å². The largest absolute Gasteiger partial charge is 0.486 e. The fraction of sp³-hybridized carbons (Fsp3) is 0.417. The number of carbonyl (C=O) groups is 1. The molecule has 3 rings (SSSR count). The first-order valence-electron chi connectivity index (χ1n) is 5.58. The van der Waals surface area contributed by atoms with E-state index in [1.165, 1.54) is 6.07 Å². The normalized spacial score (nSPS) is 19.4. The van der Waals surface area contributed by atoms with Crippen LogP contribution in [0.3, 0.4) is 0 Å². The van der Waals surface area contributed by atoms with Gasteiger partial charge in [-0.3, -0.25) is 4.79 Å². The van der Waals surface area contributed by atoms with Crippen LogP contribution in [0.4, 0.5) is 4.39 Å². The molecule has 0 bridgehead atoms. The van der Waals surface area contributed by atoms with Crippen molar-refractivity contribution in [1.29, 1.82) is 0 Å². The average Bonchev–Trinajstić information content (AvgIpc) is 3.15. The van der Waals surface area contributed by atoms with Crippen LogP contribution < -0.4 is 9.47 Å². The number of carboxylic acids is 1. The highest BCUT2D eigenvalue weighted by atomic mass is 79.9. The number of hydrogen-bond acceptors (Lipinski definition) is 3. The van der Waals surface area contributed by atoms with E-state index in [1.54, 1.807) is 0 Å². The van der Waals surface area contributed by atoms with E-state index in [0.29, 0.717) is 37.6 Å². The lowest BCUT2D eigenvalue weighted by molar-refractivity contribution is -0.140. The highest BCUT2D eigenvalue weighted by Crippen LogP contribution is 2.53. The van der Waals surface area contributed by atoms with E-state index in [1.807, 2.05) is 0 Å². The van der Waals surface area contributed by atoms with Gasteiger partial charge >= 0.3 is 5.97 Å². The summed E-state index contributed by atoms with van der Waals surface area (Å²) in [5.41, 5.74) is -0.922. The lowest BCUT2D eigenvalue weighted by Gasteiger charge is -2.22. The van der Waals surface area contributed by atoms with Crippen LogP contribution in [-0.2, 0) is 10.2 Å². The Morgan fingerprint density at radius 1 is 1.39 bits per heavy atom. The minimum atomic E-state index is -1.09. The van der Waals surface area contributed by atoms with E-state index < -0.39 is 17.2 Å². The predicted octanol–water partition coefficient (Wildman–Crippen LogP) is 2.48. The van der Waals surface area contributed by atoms with Crippen LogP contribution in [0.25, 0.3) is 0 Å². The van der Waals surface area contributed by atoms with E-state index in [2.05, 4.69) is 15.9 Å². The molecule has 4 nitrogen and oxygen atoms in total. The maximum absolute atomic E-state index is 14.2. The Morgan fingerprint density at radius 3 is 2.67 bits per heavy atom. The van der Waals surface area contributed by atoms with E-state index in [9.17, 15) is 14.3 Å². The van der Waals surface area contributed by atoms with Gasteiger partial charge in [-0.25, -0.2) is 4.39 Å². The van der Waals surface area contributed by atoms with Gasteiger partial charge in [-0.1, -0.05) is 0 Å². The summed E-state index contributed by atoms with van der Waals surface area (Å²) in [7, 11) is 0. The Balaban J connectivity index is 2.17. The second-order valence-corrected chi connectivity index (χ2v) is 5.26. The molecule has 1 aromatic carbocycles. The van der Waals surface area contributed by atoms with Crippen molar-refractivity contribution in [3.8, 4) is 11.5 Å². The highest BCUT2D eigenvalue weighted by molar-refractivity contribution is 9.10. The van der Waals surface area contributed by atoms with Gasteiger partial charge in [0.15, 0.2) is 11.5 Å². The molecule has 0 unspecified atom stereocenters. The number of fused-ring (bicyclic) bond motifs is 1. The number of aliphatic carboxylic acids is 1. The van der Waals surface area contributed by atoms with Gasteiger partial charge in [0.2, 0.25) is 0 Å². The molecular weight excluding hydrogens is 307 g/mol. The quantitative estimate of drug-likeness (QED) is 0.910. The van der Waals surface area contributed by atoms with Crippen molar-refractivity contribution in [1.82, 2.24) is 0 Å². The first-order chi connectivity index (χ1) is 8.56. The number of carboxylic acid groups (broad SMARTS) is 1. The van der Waals surface area contributed by atoms with Crippen LogP contribution in [0.1, 0.15) is 18.4 Å². The molecule has 1 aliphatic heterocycles. The van der Waals surface area contributed by atoms with Crippen molar-refractivity contribution < 1.29 is 23.8 Å². The first-order valence-corrected chi connectivity index (χ1v) is 6.37. The van der Waals surface area contributed by atoms with Crippen LogP contribution in [0.2, 0.25) is 0 Å². The maximum Gasteiger partial charge on any atom is 0.314 e. The number of hydrogen-bond donors (Lipinski definition) is 1. The fourth-order valence-electron chi connectivity index (χ4n) is 2.19. The Kier molecular flexibility index (Phi) is 2.52. The summed E-state index contributed by atoms with van der Waals surface area (Å²) in [6.07, 6.45) is 0.899. The van der Waals surface area contributed by atoms with E-state index in [4.69, 9.17) is 9.47 Å². The predicted molar refractivity (Wildman–Crippen MR) is 63.6 cm³/mol. The number of halogens is 2. The van der Waals surface area contributed by atoms with Gasteiger partial charge in [0, 0.05) is 5.56 Å². The number of rotatable bonds is 2. The number of benzene rings is 1. The summed E-state index contributed by atoms with van der Waals surface area (Å²) < 4.78 is 25.1. The van der Waals surface area contributed by atoms with Gasteiger partial charge in [0.05, 0.1) is 9.89 Å². The second-order valence-electron chi connectivity index (χ2n) is 4.46. The molecule has 0 spiro atoms. The van der Waals surface area contributed by atoms with E-state index >= 15 is 0 Å². The molecule has 1 fully saturated rings. The van der Waals surface area contributed by atoms with Crippen LogP contribution in [0, 0.1) is 5.82 Å². The van der Waals surface area contributed by atoms with E-state index in [0.717, 1.165) is 0 Å². The van der Waals surface area contributed by atoms with Crippen LogP contribution in [0.15, 0.2) is 10.5 Å². The molecule has 0 atom stereocenters. The average molecular weight is 317 g/mol. The standard InChI is InChI=1S/C12H10BrFO4/c13-8-9(14)6(12(1-2-12)11(15)16)5-7-10(8)18-4-3-17-7/h5H,1-4H2,(H,15,16). The minimum Gasteiger partial charge on any atom is -0.486 e. The fourth-order valence-corrected chi connectivity index (χ4v) is 2.72. The lowest BCUT2D eigenvalue weighted by Crippen LogP contribution is -2.23. The monoisotopic (exact) mass is 316 g/mol. The summed E-state index contributed by atoms with van der Waals surface area (Å²) in [6, 6.07) is 1.45. The molecule has 1 saturated carbocycles. The topological polar surface area (TPSA) is 55.8 Å². The van der Waals surface area contributed by atoms with Gasteiger partial charge in [-0.05, 0) is 34.8 Å². The molecule has 0 radical (unpaired) electrons. The van der Waals surface area contributed by atoms with Crippen molar-refractivity contribution >= 4 is 21.9 Å². The molecule has 1 aliphatic carbocycles. The highest BCUT2D eigenvalue weighted by Gasteiger charge is 2.54. The zero-order valence-corrected chi connectivity index (χ0v) is 10.9. The van der Waals surface area contributed by atoms with Crippen molar-refractivity contribution in [2.24, 2.45) is 0 Å².